The van der Waals surface area contributed by atoms with Crippen LogP contribution in [0.5, 0.6) is 23.3 Å². The van der Waals surface area contributed by atoms with Crippen LogP contribution in [-0.2, 0) is 12.8 Å². The van der Waals surface area contributed by atoms with E-state index >= 15 is 0 Å². The van der Waals surface area contributed by atoms with Gasteiger partial charge in [0.2, 0.25) is 11.8 Å². The highest BCUT2D eigenvalue weighted by molar-refractivity contribution is 5.57. The van der Waals surface area contributed by atoms with Crippen molar-refractivity contribution in [3.63, 3.8) is 0 Å². The molecule has 25 heavy (non-hydrogen) atoms. The topological polar surface area (TPSA) is 63.9 Å². The Kier molecular flexibility index (Phi) is 3.16. The summed E-state index contributed by atoms with van der Waals surface area (Å²) in [6.07, 6.45) is -6.76. The fraction of sp³-hybridized carbons (Fsp3) is 0.375. The molecule has 0 saturated carbocycles. The molecule has 1 aromatic carbocycles. The Labute approximate surface area is 139 Å². The van der Waals surface area contributed by atoms with Crippen LogP contribution in [0.2, 0.25) is 0 Å². The number of hydrogen-bond donors (Lipinski definition) is 2. The van der Waals surface area contributed by atoms with E-state index in [1.54, 1.807) is 0 Å². The lowest BCUT2D eigenvalue weighted by atomic mass is 9.95. The van der Waals surface area contributed by atoms with Crippen molar-refractivity contribution in [3.8, 4) is 28.9 Å². The van der Waals surface area contributed by atoms with Gasteiger partial charge in [-0.2, -0.15) is 17.6 Å². The Bertz CT molecular complexity index is 833. The fourth-order valence-corrected chi connectivity index (χ4v) is 3.21. The van der Waals surface area contributed by atoms with Gasteiger partial charge in [0.1, 0.15) is 0 Å². The Hall–Kier alpha value is -2.58. The quantitative estimate of drug-likeness (QED) is 0.762. The molecule has 2 aromatic rings. The van der Waals surface area contributed by atoms with E-state index < -0.39 is 23.7 Å². The predicted octanol–water partition coefficient (Wildman–Crippen LogP) is 3.72. The third-order valence-electron chi connectivity index (χ3n) is 4.43. The smallest absolute Gasteiger partial charge is 0.494 e. The molecule has 0 saturated heterocycles. The molecule has 1 aliphatic heterocycles. The maximum atomic E-state index is 13.3. The maximum absolute atomic E-state index is 13.3. The minimum absolute atomic E-state index is 0.0905. The van der Waals surface area contributed by atoms with E-state index in [9.17, 15) is 27.8 Å². The first-order valence-corrected chi connectivity index (χ1v) is 7.64. The number of alkyl halides is 4. The minimum Gasteiger partial charge on any atom is -0.494 e. The fourth-order valence-electron chi connectivity index (χ4n) is 3.21. The van der Waals surface area contributed by atoms with E-state index in [0.717, 1.165) is 29.5 Å². The summed E-state index contributed by atoms with van der Waals surface area (Å²) >= 11 is 0. The summed E-state index contributed by atoms with van der Waals surface area (Å²) in [5.41, 5.74) is 1.28. The zero-order valence-corrected chi connectivity index (χ0v) is 12.7. The van der Waals surface area contributed by atoms with Crippen molar-refractivity contribution in [1.82, 2.24) is 4.57 Å². The third-order valence-corrected chi connectivity index (χ3v) is 4.43. The van der Waals surface area contributed by atoms with Crippen LogP contribution in [0.3, 0.4) is 0 Å². The van der Waals surface area contributed by atoms with Gasteiger partial charge in [0.15, 0.2) is 11.5 Å². The van der Waals surface area contributed by atoms with Crippen LogP contribution in [-0.4, -0.2) is 27.0 Å². The zero-order chi connectivity index (χ0) is 18.0. The molecule has 2 N–H and O–H groups in total. The normalized spacial score (nSPS) is 20.2. The predicted molar refractivity (Wildman–Crippen MR) is 76.9 cm³/mol. The second-order valence-electron chi connectivity index (χ2n) is 6.02. The maximum Gasteiger partial charge on any atom is 0.507 e. The molecule has 0 atom stereocenters. The van der Waals surface area contributed by atoms with Crippen molar-refractivity contribution in [2.45, 2.75) is 37.9 Å². The van der Waals surface area contributed by atoms with Crippen molar-refractivity contribution in [1.29, 1.82) is 0 Å². The molecule has 0 radical (unpaired) electrons. The molecule has 2 heterocycles. The second kappa shape index (κ2) is 4.96. The number of benzene rings is 1. The minimum atomic E-state index is -4.83. The summed E-state index contributed by atoms with van der Waals surface area (Å²) in [6.45, 7) is 0. The van der Waals surface area contributed by atoms with Crippen LogP contribution >= 0.6 is 0 Å². The molecule has 1 aromatic heterocycles. The van der Waals surface area contributed by atoms with E-state index in [-0.39, 0.29) is 17.4 Å². The van der Waals surface area contributed by atoms with Crippen molar-refractivity contribution >= 4 is 0 Å². The molecule has 1 aliphatic carbocycles. The number of hydrogen-bond acceptors (Lipinski definition) is 4. The second-order valence-corrected chi connectivity index (χ2v) is 6.02. The first kappa shape index (κ1) is 15.9. The number of aromatic nitrogens is 1. The van der Waals surface area contributed by atoms with E-state index in [1.165, 1.54) is 6.07 Å². The lowest BCUT2D eigenvalue weighted by Gasteiger charge is -2.32. The SMILES string of the molecule is Oc1c2c(c(O)n1-c1ccc3c(c1)OC(F)(F)C(F)(F)O3)CCCC2. The summed E-state index contributed by atoms with van der Waals surface area (Å²) in [5.74, 6) is -1.59. The Morgan fingerprint density at radius 1 is 0.840 bits per heavy atom. The van der Waals surface area contributed by atoms with E-state index in [1.807, 2.05) is 0 Å². The molecule has 0 unspecified atom stereocenters. The van der Waals surface area contributed by atoms with Gasteiger partial charge < -0.3 is 19.7 Å². The number of nitrogens with zero attached hydrogens (tertiary/aromatic N) is 1. The van der Waals surface area contributed by atoms with Crippen LogP contribution in [0.1, 0.15) is 24.0 Å². The van der Waals surface area contributed by atoms with Crippen LogP contribution < -0.4 is 9.47 Å². The standard InChI is InChI=1S/C16H13F4NO4/c17-15(18)16(19,20)25-12-7-8(5-6-11(12)24-15)21-13(22)9-3-1-2-4-10(9)14(21)23/h5-7,22-23H,1-4H2. The first-order valence-electron chi connectivity index (χ1n) is 7.64. The van der Waals surface area contributed by atoms with Gasteiger partial charge in [0.25, 0.3) is 0 Å². The van der Waals surface area contributed by atoms with Gasteiger partial charge in [0.05, 0.1) is 5.69 Å². The first-order chi connectivity index (χ1) is 11.7. The van der Waals surface area contributed by atoms with Crippen LogP contribution in [0.15, 0.2) is 18.2 Å². The molecule has 134 valence electrons. The Morgan fingerprint density at radius 3 is 1.92 bits per heavy atom. The molecule has 5 nitrogen and oxygen atoms in total. The molecule has 0 amide bonds. The highest BCUT2D eigenvalue weighted by Crippen LogP contribution is 2.48. The number of fused-ring (bicyclic) bond motifs is 2. The van der Waals surface area contributed by atoms with Crippen molar-refractivity contribution in [3.05, 3.63) is 29.3 Å². The lowest BCUT2D eigenvalue weighted by molar-refractivity contribution is -0.391. The largest absolute Gasteiger partial charge is 0.507 e. The summed E-state index contributed by atoms with van der Waals surface area (Å²) < 4.78 is 62.2. The summed E-state index contributed by atoms with van der Waals surface area (Å²) in [5, 5.41) is 20.7. The van der Waals surface area contributed by atoms with Gasteiger partial charge in [0, 0.05) is 17.2 Å². The van der Waals surface area contributed by atoms with Gasteiger partial charge >= 0.3 is 12.2 Å². The van der Waals surface area contributed by atoms with Crippen LogP contribution in [0.25, 0.3) is 5.69 Å². The van der Waals surface area contributed by atoms with Crippen LogP contribution in [0, 0.1) is 0 Å². The van der Waals surface area contributed by atoms with Crippen LogP contribution in [0.4, 0.5) is 17.6 Å². The Morgan fingerprint density at radius 2 is 1.36 bits per heavy atom. The molecule has 2 aliphatic rings. The average Bonchev–Trinajstić information content (AvgIpc) is 2.80. The third kappa shape index (κ3) is 2.21. The summed E-state index contributed by atoms with van der Waals surface area (Å²) in [7, 11) is 0. The Balaban J connectivity index is 1.81. The number of rotatable bonds is 1. The van der Waals surface area contributed by atoms with Gasteiger partial charge in [-0.3, -0.25) is 4.57 Å². The highest BCUT2D eigenvalue weighted by Gasteiger charge is 2.65. The van der Waals surface area contributed by atoms with Gasteiger partial charge in [-0.15, -0.1) is 0 Å². The van der Waals surface area contributed by atoms with Crippen molar-refractivity contribution in [2.24, 2.45) is 0 Å². The molecular weight excluding hydrogens is 346 g/mol. The van der Waals surface area contributed by atoms with Gasteiger partial charge in [-0.1, -0.05) is 0 Å². The lowest BCUT2D eigenvalue weighted by Crippen LogP contribution is -2.52. The molecule has 4 rings (SSSR count). The molecule has 0 spiro atoms. The van der Waals surface area contributed by atoms with Gasteiger partial charge in [-0.05, 0) is 37.8 Å². The zero-order valence-electron chi connectivity index (χ0n) is 12.7. The molecule has 0 fully saturated rings. The highest BCUT2D eigenvalue weighted by atomic mass is 19.3. The monoisotopic (exact) mass is 359 g/mol. The van der Waals surface area contributed by atoms with Crippen molar-refractivity contribution in [2.75, 3.05) is 0 Å². The van der Waals surface area contributed by atoms with Crippen molar-refractivity contribution < 1.29 is 37.2 Å². The van der Waals surface area contributed by atoms with E-state index in [4.69, 9.17) is 0 Å². The number of halogens is 4. The molecule has 0 bridgehead atoms. The number of ether oxygens (including phenoxy) is 2. The number of aromatic hydroxyl groups is 2. The summed E-state index contributed by atoms with van der Waals surface area (Å²) in [6, 6.07) is 3.28. The summed E-state index contributed by atoms with van der Waals surface area (Å²) in [4.78, 5) is 0. The van der Waals surface area contributed by atoms with Gasteiger partial charge in [-0.25, -0.2) is 0 Å². The molecular formula is C16H13F4NO4. The average molecular weight is 359 g/mol. The van der Waals surface area contributed by atoms with E-state index in [0.29, 0.717) is 24.0 Å². The molecule has 9 heteroatoms. The van der Waals surface area contributed by atoms with E-state index in [2.05, 4.69) is 9.47 Å².